The molecule has 0 fully saturated rings. The van der Waals surface area contributed by atoms with E-state index in [2.05, 4.69) is 45.9 Å². The Balaban J connectivity index is 2.85. The van der Waals surface area contributed by atoms with E-state index in [4.69, 9.17) is 4.74 Å². The van der Waals surface area contributed by atoms with Crippen molar-refractivity contribution in [3.8, 4) is 5.75 Å². The first-order valence-corrected chi connectivity index (χ1v) is 5.38. The smallest absolute Gasteiger partial charge is 0.122 e. The van der Waals surface area contributed by atoms with Gasteiger partial charge in [0.25, 0.3) is 0 Å². The Kier molecular flexibility index (Phi) is 3.99. The predicted octanol–water partition coefficient (Wildman–Crippen LogP) is 3.91. The van der Waals surface area contributed by atoms with Gasteiger partial charge in [0.1, 0.15) is 5.75 Å². The molecule has 1 aromatic rings. The highest BCUT2D eigenvalue weighted by Gasteiger charge is 2.03. The SMILES string of the molecule is CCCOc1cc(C(C)C)ccc1C. The summed E-state index contributed by atoms with van der Waals surface area (Å²) in [6.45, 7) is 9.43. The topological polar surface area (TPSA) is 9.23 Å². The van der Waals surface area contributed by atoms with Crippen LogP contribution in [0.1, 0.15) is 44.2 Å². The lowest BCUT2D eigenvalue weighted by atomic mass is 10.0. The van der Waals surface area contributed by atoms with Crippen molar-refractivity contribution in [1.29, 1.82) is 0 Å². The molecule has 0 aromatic heterocycles. The van der Waals surface area contributed by atoms with E-state index in [0.717, 1.165) is 18.8 Å². The van der Waals surface area contributed by atoms with Crippen molar-refractivity contribution in [3.63, 3.8) is 0 Å². The van der Waals surface area contributed by atoms with Crippen LogP contribution < -0.4 is 4.74 Å². The fourth-order valence-corrected chi connectivity index (χ4v) is 1.34. The van der Waals surface area contributed by atoms with Crippen LogP contribution in [0.4, 0.5) is 0 Å². The lowest BCUT2D eigenvalue weighted by molar-refractivity contribution is 0.315. The summed E-state index contributed by atoms with van der Waals surface area (Å²) in [6, 6.07) is 6.48. The van der Waals surface area contributed by atoms with Gasteiger partial charge in [0.15, 0.2) is 0 Å². The molecule has 0 aliphatic rings. The van der Waals surface area contributed by atoms with Crippen molar-refractivity contribution in [2.75, 3.05) is 6.61 Å². The monoisotopic (exact) mass is 192 g/mol. The summed E-state index contributed by atoms with van der Waals surface area (Å²) in [7, 11) is 0. The quantitative estimate of drug-likeness (QED) is 0.703. The molecule has 78 valence electrons. The minimum absolute atomic E-state index is 0.569. The maximum atomic E-state index is 5.68. The molecule has 1 aromatic carbocycles. The van der Waals surface area contributed by atoms with Crippen LogP contribution in [-0.4, -0.2) is 6.61 Å². The highest BCUT2D eigenvalue weighted by molar-refractivity contribution is 5.37. The van der Waals surface area contributed by atoms with Gasteiger partial charge in [-0.1, -0.05) is 32.9 Å². The zero-order chi connectivity index (χ0) is 10.6. The Bertz CT molecular complexity index is 289. The number of ether oxygens (including phenoxy) is 1. The molecule has 0 bridgehead atoms. The van der Waals surface area contributed by atoms with Crippen molar-refractivity contribution in [1.82, 2.24) is 0 Å². The number of hydrogen-bond donors (Lipinski definition) is 0. The number of aryl methyl sites for hydroxylation is 1. The lowest BCUT2D eigenvalue weighted by Crippen LogP contribution is -1.98. The van der Waals surface area contributed by atoms with Gasteiger partial charge >= 0.3 is 0 Å². The number of rotatable bonds is 4. The summed E-state index contributed by atoms with van der Waals surface area (Å²) >= 11 is 0. The Morgan fingerprint density at radius 3 is 2.57 bits per heavy atom. The van der Waals surface area contributed by atoms with Gasteiger partial charge in [0.2, 0.25) is 0 Å². The van der Waals surface area contributed by atoms with Crippen LogP contribution in [0.15, 0.2) is 18.2 Å². The van der Waals surface area contributed by atoms with E-state index in [0.29, 0.717) is 5.92 Å². The van der Waals surface area contributed by atoms with Gasteiger partial charge in [-0.25, -0.2) is 0 Å². The molecule has 0 heterocycles. The van der Waals surface area contributed by atoms with E-state index in [1.165, 1.54) is 11.1 Å². The first-order chi connectivity index (χ1) is 6.65. The summed E-state index contributed by atoms with van der Waals surface area (Å²) < 4.78 is 5.68. The van der Waals surface area contributed by atoms with Gasteiger partial charge in [0, 0.05) is 0 Å². The Morgan fingerprint density at radius 2 is 2.00 bits per heavy atom. The molecular formula is C13H20O. The Morgan fingerprint density at radius 1 is 1.29 bits per heavy atom. The van der Waals surface area contributed by atoms with E-state index in [1.807, 2.05) is 0 Å². The molecule has 0 saturated carbocycles. The molecule has 0 unspecified atom stereocenters. The van der Waals surface area contributed by atoms with Crippen LogP contribution in [0.5, 0.6) is 5.75 Å². The second kappa shape index (κ2) is 5.04. The number of benzene rings is 1. The second-order valence-electron chi connectivity index (χ2n) is 4.03. The van der Waals surface area contributed by atoms with Gasteiger partial charge in [-0.15, -0.1) is 0 Å². The second-order valence-corrected chi connectivity index (χ2v) is 4.03. The van der Waals surface area contributed by atoms with Crippen LogP contribution in [-0.2, 0) is 0 Å². The average Bonchev–Trinajstić information content (AvgIpc) is 2.16. The average molecular weight is 192 g/mol. The van der Waals surface area contributed by atoms with E-state index >= 15 is 0 Å². The molecule has 1 rings (SSSR count). The predicted molar refractivity (Wildman–Crippen MR) is 61.1 cm³/mol. The largest absolute Gasteiger partial charge is 0.493 e. The molecule has 14 heavy (non-hydrogen) atoms. The van der Waals surface area contributed by atoms with Crippen LogP contribution in [0.25, 0.3) is 0 Å². The fourth-order valence-electron chi connectivity index (χ4n) is 1.34. The van der Waals surface area contributed by atoms with Crippen LogP contribution >= 0.6 is 0 Å². The van der Waals surface area contributed by atoms with Crippen molar-refractivity contribution in [2.24, 2.45) is 0 Å². The van der Waals surface area contributed by atoms with Gasteiger partial charge in [0.05, 0.1) is 6.61 Å². The van der Waals surface area contributed by atoms with E-state index in [9.17, 15) is 0 Å². The van der Waals surface area contributed by atoms with E-state index in [1.54, 1.807) is 0 Å². The zero-order valence-electron chi connectivity index (χ0n) is 9.63. The molecule has 0 atom stereocenters. The molecule has 0 aliphatic carbocycles. The third-order valence-electron chi connectivity index (χ3n) is 2.34. The van der Waals surface area contributed by atoms with Crippen molar-refractivity contribution in [2.45, 2.75) is 40.0 Å². The molecule has 1 heteroatoms. The van der Waals surface area contributed by atoms with Crippen LogP contribution in [0, 0.1) is 6.92 Å². The Hall–Kier alpha value is -0.980. The summed E-state index contributed by atoms with van der Waals surface area (Å²) in [5.41, 5.74) is 2.57. The minimum Gasteiger partial charge on any atom is -0.493 e. The molecule has 0 aliphatic heterocycles. The van der Waals surface area contributed by atoms with Crippen molar-refractivity contribution >= 4 is 0 Å². The summed E-state index contributed by atoms with van der Waals surface area (Å²) in [5.74, 6) is 1.61. The third kappa shape index (κ3) is 2.76. The standard InChI is InChI=1S/C13H20O/c1-5-8-14-13-9-12(10(2)3)7-6-11(13)4/h6-7,9-10H,5,8H2,1-4H3. The molecule has 0 amide bonds. The van der Waals surface area contributed by atoms with Crippen LogP contribution in [0.3, 0.4) is 0 Å². The molecular weight excluding hydrogens is 172 g/mol. The molecule has 0 saturated heterocycles. The maximum Gasteiger partial charge on any atom is 0.122 e. The molecule has 1 nitrogen and oxygen atoms in total. The van der Waals surface area contributed by atoms with E-state index in [-0.39, 0.29) is 0 Å². The summed E-state index contributed by atoms with van der Waals surface area (Å²) in [5, 5.41) is 0. The highest BCUT2D eigenvalue weighted by Crippen LogP contribution is 2.24. The fraction of sp³-hybridized carbons (Fsp3) is 0.538. The highest BCUT2D eigenvalue weighted by atomic mass is 16.5. The van der Waals surface area contributed by atoms with Crippen molar-refractivity contribution in [3.05, 3.63) is 29.3 Å². The zero-order valence-corrected chi connectivity index (χ0v) is 9.63. The van der Waals surface area contributed by atoms with Gasteiger partial charge in [-0.3, -0.25) is 0 Å². The first-order valence-electron chi connectivity index (χ1n) is 5.38. The third-order valence-corrected chi connectivity index (χ3v) is 2.34. The number of hydrogen-bond acceptors (Lipinski definition) is 1. The normalized spacial score (nSPS) is 10.6. The summed E-state index contributed by atoms with van der Waals surface area (Å²) in [6.07, 6.45) is 1.06. The first kappa shape index (κ1) is 11.1. The van der Waals surface area contributed by atoms with Gasteiger partial charge in [-0.2, -0.15) is 0 Å². The van der Waals surface area contributed by atoms with Crippen molar-refractivity contribution < 1.29 is 4.74 Å². The van der Waals surface area contributed by atoms with Gasteiger partial charge in [-0.05, 0) is 36.5 Å². The maximum absolute atomic E-state index is 5.68. The van der Waals surface area contributed by atoms with E-state index < -0.39 is 0 Å². The van der Waals surface area contributed by atoms with Crippen LogP contribution in [0.2, 0.25) is 0 Å². The minimum atomic E-state index is 0.569. The molecule has 0 spiro atoms. The molecule has 0 N–H and O–H groups in total. The molecule has 0 radical (unpaired) electrons. The Labute approximate surface area is 87.1 Å². The van der Waals surface area contributed by atoms with Gasteiger partial charge < -0.3 is 4.74 Å². The lowest BCUT2D eigenvalue weighted by Gasteiger charge is -2.12. The summed E-state index contributed by atoms with van der Waals surface area (Å²) in [4.78, 5) is 0.